The van der Waals surface area contributed by atoms with Crippen LogP contribution in [0.3, 0.4) is 0 Å². The zero-order valence-corrected chi connectivity index (χ0v) is 13.5. The van der Waals surface area contributed by atoms with Gasteiger partial charge in [0, 0.05) is 16.5 Å². The first-order valence-corrected chi connectivity index (χ1v) is 8.03. The quantitative estimate of drug-likeness (QED) is 0.453. The highest BCUT2D eigenvalue weighted by molar-refractivity contribution is 6.04. The van der Waals surface area contributed by atoms with Crippen molar-refractivity contribution in [3.63, 3.8) is 0 Å². The molecule has 0 aliphatic heterocycles. The second-order valence-electron chi connectivity index (χ2n) is 5.86. The van der Waals surface area contributed by atoms with E-state index in [0.717, 1.165) is 27.9 Å². The van der Waals surface area contributed by atoms with Gasteiger partial charge < -0.3 is 9.72 Å². The van der Waals surface area contributed by atoms with Crippen LogP contribution in [0.5, 0.6) is 5.75 Å². The zero-order chi connectivity index (χ0) is 18.1. The van der Waals surface area contributed by atoms with E-state index in [1.165, 1.54) is 12.1 Å². The molecule has 4 rings (SSSR count). The number of nitrogens with one attached hydrogen (secondary N) is 1. The summed E-state index contributed by atoms with van der Waals surface area (Å²) in [7, 11) is 0. The first-order valence-electron chi connectivity index (χ1n) is 8.03. The fraction of sp³-hybridized carbons (Fsp3) is 0.0476. The van der Waals surface area contributed by atoms with Crippen LogP contribution in [0.1, 0.15) is 0 Å². The number of H-pyrrole nitrogens is 1. The third kappa shape index (κ3) is 3.16. The van der Waals surface area contributed by atoms with Crippen LogP contribution in [0.25, 0.3) is 33.3 Å². The van der Waals surface area contributed by atoms with Crippen LogP contribution in [-0.2, 0) is 0 Å². The molecule has 1 aromatic heterocycles. The highest BCUT2D eigenvalue weighted by Crippen LogP contribution is 2.40. The lowest BCUT2D eigenvalue weighted by Crippen LogP contribution is -2.16. The van der Waals surface area contributed by atoms with Crippen molar-refractivity contribution in [2.75, 3.05) is 0 Å². The summed E-state index contributed by atoms with van der Waals surface area (Å²) in [6.45, 7) is 0. The van der Waals surface area contributed by atoms with Crippen molar-refractivity contribution < 1.29 is 17.9 Å². The summed E-state index contributed by atoms with van der Waals surface area (Å²) in [4.78, 5) is 3.33. The molecule has 0 radical (unpaired) electrons. The van der Waals surface area contributed by atoms with Gasteiger partial charge in [-0.15, -0.1) is 13.2 Å². The van der Waals surface area contributed by atoms with Gasteiger partial charge in [0.25, 0.3) is 0 Å². The average molecular weight is 353 g/mol. The van der Waals surface area contributed by atoms with Gasteiger partial charge in [-0.05, 0) is 29.3 Å². The normalized spacial score (nSPS) is 11.7. The maximum atomic E-state index is 12.6. The monoisotopic (exact) mass is 353 g/mol. The van der Waals surface area contributed by atoms with Crippen molar-refractivity contribution in [2.24, 2.45) is 0 Å². The molecule has 1 N–H and O–H groups in total. The molecule has 0 amide bonds. The predicted octanol–water partition coefficient (Wildman–Crippen LogP) is 6.40. The minimum Gasteiger partial charge on any atom is -0.406 e. The maximum absolute atomic E-state index is 12.6. The van der Waals surface area contributed by atoms with Gasteiger partial charge in [-0.3, -0.25) is 0 Å². The van der Waals surface area contributed by atoms with Crippen LogP contribution in [0.15, 0.2) is 78.9 Å². The van der Waals surface area contributed by atoms with E-state index < -0.39 is 6.36 Å². The molecule has 26 heavy (non-hydrogen) atoms. The molecule has 1 heterocycles. The van der Waals surface area contributed by atoms with E-state index in [-0.39, 0.29) is 5.75 Å². The molecule has 0 saturated heterocycles. The molecule has 0 spiro atoms. The Morgan fingerprint density at radius 1 is 0.731 bits per heavy atom. The van der Waals surface area contributed by atoms with Gasteiger partial charge in [-0.25, -0.2) is 0 Å². The smallest absolute Gasteiger partial charge is 0.406 e. The fourth-order valence-electron chi connectivity index (χ4n) is 3.09. The first-order chi connectivity index (χ1) is 12.5. The molecule has 3 aromatic carbocycles. The summed E-state index contributed by atoms with van der Waals surface area (Å²) in [5.41, 5.74) is 4.33. The second kappa shape index (κ2) is 6.26. The molecule has 0 atom stereocenters. The summed E-state index contributed by atoms with van der Waals surface area (Å²) in [6, 6.07) is 23.6. The molecule has 130 valence electrons. The molecule has 5 heteroatoms. The van der Waals surface area contributed by atoms with Crippen molar-refractivity contribution in [2.45, 2.75) is 6.36 Å². The second-order valence-corrected chi connectivity index (χ2v) is 5.86. The Hall–Kier alpha value is -3.21. The van der Waals surface area contributed by atoms with Crippen LogP contribution >= 0.6 is 0 Å². The Morgan fingerprint density at radius 3 is 1.96 bits per heavy atom. The molecule has 2 nitrogen and oxygen atoms in total. The van der Waals surface area contributed by atoms with Gasteiger partial charge in [-0.1, -0.05) is 60.7 Å². The zero-order valence-electron chi connectivity index (χ0n) is 13.5. The van der Waals surface area contributed by atoms with E-state index in [1.54, 1.807) is 6.07 Å². The van der Waals surface area contributed by atoms with Gasteiger partial charge in [0.15, 0.2) is 0 Å². The molecular formula is C21H14F3NO. The van der Waals surface area contributed by atoms with Crippen LogP contribution < -0.4 is 4.74 Å². The van der Waals surface area contributed by atoms with E-state index in [4.69, 9.17) is 0 Å². The SMILES string of the molecule is FC(F)(F)Oc1ccc2[nH]c(-c3ccccc3)c(-c3ccccc3)c2c1. The fourth-order valence-corrected chi connectivity index (χ4v) is 3.09. The maximum Gasteiger partial charge on any atom is 0.573 e. The van der Waals surface area contributed by atoms with Gasteiger partial charge >= 0.3 is 6.36 Å². The number of aromatic amines is 1. The summed E-state index contributed by atoms with van der Waals surface area (Å²) < 4.78 is 41.9. The van der Waals surface area contributed by atoms with E-state index in [1.807, 2.05) is 60.7 Å². The molecule has 0 aliphatic carbocycles. The highest BCUT2D eigenvalue weighted by atomic mass is 19.4. The number of ether oxygens (including phenoxy) is 1. The third-order valence-corrected chi connectivity index (χ3v) is 4.13. The van der Waals surface area contributed by atoms with E-state index in [0.29, 0.717) is 5.39 Å². The van der Waals surface area contributed by atoms with Crippen LogP contribution in [0.2, 0.25) is 0 Å². The lowest BCUT2D eigenvalue weighted by molar-refractivity contribution is -0.274. The van der Waals surface area contributed by atoms with Crippen molar-refractivity contribution in [1.82, 2.24) is 4.98 Å². The number of fused-ring (bicyclic) bond motifs is 1. The summed E-state index contributed by atoms with van der Waals surface area (Å²) in [5, 5.41) is 0.678. The molecule has 0 saturated carbocycles. The Morgan fingerprint density at radius 2 is 1.35 bits per heavy atom. The lowest BCUT2D eigenvalue weighted by Gasteiger charge is -2.09. The Bertz CT molecular complexity index is 1040. The van der Waals surface area contributed by atoms with E-state index >= 15 is 0 Å². The van der Waals surface area contributed by atoms with Gasteiger partial charge in [0.2, 0.25) is 0 Å². The number of alkyl halides is 3. The van der Waals surface area contributed by atoms with Gasteiger partial charge in [-0.2, -0.15) is 0 Å². The Balaban J connectivity index is 1.97. The highest BCUT2D eigenvalue weighted by Gasteiger charge is 2.31. The minimum absolute atomic E-state index is 0.235. The van der Waals surface area contributed by atoms with Gasteiger partial charge in [0.1, 0.15) is 5.75 Å². The number of benzene rings is 3. The number of rotatable bonds is 3. The topological polar surface area (TPSA) is 25.0 Å². The van der Waals surface area contributed by atoms with Crippen molar-refractivity contribution in [3.05, 3.63) is 78.9 Å². The number of aromatic nitrogens is 1. The molecule has 0 unspecified atom stereocenters. The van der Waals surface area contributed by atoms with Crippen molar-refractivity contribution in [3.8, 4) is 28.1 Å². The molecule has 4 aromatic rings. The Kier molecular flexibility index (Phi) is 3.92. The molecule has 0 bridgehead atoms. The molecule has 0 aliphatic rings. The third-order valence-electron chi connectivity index (χ3n) is 4.13. The summed E-state index contributed by atoms with van der Waals surface area (Å²) in [6.07, 6.45) is -4.72. The largest absolute Gasteiger partial charge is 0.573 e. The lowest BCUT2D eigenvalue weighted by atomic mass is 9.98. The number of hydrogen-bond acceptors (Lipinski definition) is 1. The summed E-state index contributed by atoms with van der Waals surface area (Å²) >= 11 is 0. The number of halogens is 3. The standard InChI is InChI=1S/C21H14F3NO/c22-21(23,24)26-16-11-12-18-17(13-16)19(14-7-3-1-4-8-14)20(25-18)15-9-5-2-6-10-15/h1-13,25H. The predicted molar refractivity (Wildman–Crippen MR) is 95.9 cm³/mol. The minimum atomic E-state index is -4.72. The molecular weight excluding hydrogens is 339 g/mol. The van der Waals surface area contributed by atoms with Crippen LogP contribution in [0, 0.1) is 0 Å². The first kappa shape index (κ1) is 16.3. The van der Waals surface area contributed by atoms with Gasteiger partial charge in [0.05, 0.1) is 5.69 Å². The van der Waals surface area contributed by atoms with Crippen molar-refractivity contribution >= 4 is 10.9 Å². The average Bonchev–Trinajstić information content (AvgIpc) is 3.00. The summed E-state index contributed by atoms with van der Waals surface area (Å²) in [5.74, 6) is -0.235. The number of hydrogen-bond donors (Lipinski definition) is 1. The van der Waals surface area contributed by atoms with Crippen LogP contribution in [-0.4, -0.2) is 11.3 Å². The van der Waals surface area contributed by atoms with Crippen LogP contribution in [0.4, 0.5) is 13.2 Å². The Labute approximate surface area is 147 Å². The van der Waals surface area contributed by atoms with E-state index in [9.17, 15) is 13.2 Å². The molecule has 0 fully saturated rings. The van der Waals surface area contributed by atoms with Crippen molar-refractivity contribution in [1.29, 1.82) is 0 Å². The van der Waals surface area contributed by atoms with E-state index in [2.05, 4.69) is 9.72 Å².